The quantitative estimate of drug-likeness (QED) is 0.856. The van der Waals surface area contributed by atoms with Crippen molar-refractivity contribution in [1.82, 2.24) is 4.31 Å². The molecule has 22 heavy (non-hydrogen) atoms. The van der Waals surface area contributed by atoms with Crippen molar-refractivity contribution in [2.75, 3.05) is 19.6 Å². The lowest BCUT2D eigenvalue weighted by Crippen LogP contribution is -2.39. The van der Waals surface area contributed by atoms with Gasteiger partial charge in [-0.05, 0) is 49.6 Å². The summed E-state index contributed by atoms with van der Waals surface area (Å²) >= 11 is 0. The lowest BCUT2D eigenvalue weighted by molar-refractivity contribution is 0.278. The predicted octanol–water partition coefficient (Wildman–Crippen LogP) is 1.15. The lowest BCUT2D eigenvalue weighted by Gasteiger charge is -2.30. The zero-order valence-corrected chi connectivity index (χ0v) is 12.9. The molecule has 0 aliphatic carbocycles. The Morgan fingerprint density at radius 1 is 1.18 bits per heavy atom. The summed E-state index contributed by atoms with van der Waals surface area (Å²) in [5.74, 6) is 0.400. The lowest BCUT2D eigenvalue weighted by atomic mass is 9.99. The Balaban J connectivity index is 1.92. The Kier molecular flexibility index (Phi) is 4.03. The first-order chi connectivity index (χ1) is 10.5. The third-order valence-corrected chi connectivity index (χ3v) is 6.03. The highest BCUT2D eigenvalue weighted by Gasteiger charge is 2.29. The molecule has 3 rings (SSSR count). The van der Waals surface area contributed by atoms with Crippen LogP contribution in [0, 0.1) is 5.92 Å². The molecule has 0 amide bonds. The van der Waals surface area contributed by atoms with E-state index >= 15 is 0 Å². The number of nitrogens with zero attached hydrogens (tertiary/aromatic N) is 1. The summed E-state index contributed by atoms with van der Waals surface area (Å²) in [5.41, 5.74) is 5.57. The topological polar surface area (TPSA) is 93.6 Å². The van der Waals surface area contributed by atoms with E-state index in [-0.39, 0.29) is 4.90 Å². The van der Waals surface area contributed by atoms with Crippen LogP contribution < -0.4 is 11.4 Å². The first-order valence-electron chi connectivity index (χ1n) is 7.25. The Hall–Kier alpha value is -1.70. The number of nitrogens with two attached hydrogens (primary N) is 1. The SMILES string of the molecule is NCC1CCN(S(=O)(=O)c2ccc3oc(=O)ccc3c2)CC1. The van der Waals surface area contributed by atoms with E-state index in [1.807, 2.05) is 0 Å². The monoisotopic (exact) mass is 322 g/mol. The van der Waals surface area contributed by atoms with Crippen LogP contribution in [-0.2, 0) is 10.0 Å². The Morgan fingerprint density at radius 2 is 1.91 bits per heavy atom. The summed E-state index contributed by atoms with van der Waals surface area (Å²) in [5, 5.41) is 0.595. The molecule has 0 spiro atoms. The Morgan fingerprint density at radius 3 is 2.59 bits per heavy atom. The molecule has 2 N–H and O–H groups in total. The third-order valence-electron chi connectivity index (χ3n) is 4.14. The molecule has 1 saturated heterocycles. The third kappa shape index (κ3) is 2.79. The van der Waals surface area contributed by atoms with Crippen LogP contribution in [0.1, 0.15) is 12.8 Å². The molecule has 2 heterocycles. The smallest absolute Gasteiger partial charge is 0.336 e. The van der Waals surface area contributed by atoms with Gasteiger partial charge in [0, 0.05) is 24.5 Å². The van der Waals surface area contributed by atoms with Gasteiger partial charge in [-0.1, -0.05) is 0 Å². The van der Waals surface area contributed by atoms with Gasteiger partial charge in [0.1, 0.15) is 5.58 Å². The van der Waals surface area contributed by atoms with Gasteiger partial charge in [0.15, 0.2) is 0 Å². The van der Waals surface area contributed by atoms with Crippen LogP contribution in [0.2, 0.25) is 0 Å². The minimum Gasteiger partial charge on any atom is -0.423 e. The summed E-state index contributed by atoms with van der Waals surface area (Å²) in [7, 11) is -3.52. The van der Waals surface area contributed by atoms with Crippen molar-refractivity contribution in [3.63, 3.8) is 0 Å². The van der Waals surface area contributed by atoms with E-state index in [2.05, 4.69) is 0 Å². The first-order valence-corrected chi connectivity index (χ1v) is 8.69. The number of hydrogen-bond donors (Lipinski definition) is 1. The van der Waals surface area contributed by atoms with Crippen molar-refractivity contribution in [1.29, 1.82) is 0 Å². The van der Waals surface area contributed by atoms with Crippen molar-refractivity contribution >= 4 is 21.0 Å². The Bertz CT molecular complexity index is 836. The van der Waals surface area contributed by atoms with E-state index in [1.54, 1.807) is 12.1 Å². The maximum Gasteiger partial charge on any atom is 0.336 e. The van der Waals surface area contributed by atoms with Crippen molar-refractivity contribution in [3.05, 3.63) is 40.8 Å². The zero-order chi connectivity index (χ0) is 15.7. The molecule has 7 heteroatoms. The molecular weight excluding hydrogens is 304 g/mol. The predicted molar refractivity (Wildman–Crippen MR) is 83.0 cm³/mol. The molecule has 6 nitrogen and oxygen atoms in total. The number of piperidine rings is 1. The maximum absolute atomic E-state index is 12.7. The van der Waals surface area contributed by atoms with Crippen molar-refractivity contribution in [3.8, 4) is 0 Å². The molecule has 118 valence electrons. The number of sulfonamides is 1. The molecule has 0 unspecified atom stereocenters. The molecule has 0 saturated carbocycles. The van der Waals surface area contributed by atoms with Crippen LogP contribution in [-0.4, -0.2) is 32.4 Å². The fourth-order valence-corrected chi connectivity index (χ4v) is 4.25. The molecule has 0 radical (unpaired) electrons. The van der Waals surface area contributed by atoms with Crippen LogP contribution >= 0.6 is 0 Å². The molecule has 1 aliphatic heterocycles. The second-order valence-electron chi connectivity index (χ2n) is 5.54. The molecule has 1 aliphatic rings. The molecular formula is C15H18N2O4S. The summed E-state index contributed by atoms with van der Waals surface area (Å²) < 4.78 is 31.9. The standard InChI is InChI=1S/C15H18N2O4S/c16-10-11-5-7-17(8-6-11)22(19,20)13-2-3-14-12(9-13)1-4-15(18)21-14/h1-4,9,11H,5-8,10,16H2. The largest absolute Gasteiger partial charge is 0.423 e. The van der Waals surface area contributed by atoms with Gasteiger partial charge in [-0.3, -0.25) is 0 Å². The highest BCUT2D eigenvalue weighted by Crippen LogP contribution is 2.25. The van der Waals surface area contributed by atoms with Crippen LogP contribution in [0.5, 0.6) is 0 Å². The second kappa shape index (κ2) is 5.83. The molecule has 1 fully saturated rings. The average Bonchev–Trinajstić information content (AvgIpc) is 2.54. The summed E-state index contributed by atoms with van der Waals surface area (Å²) in [6.07, 6.45) is 1.58. The van der Waals surface area contributed by atoms with Gasteiger partial charge in [0.05, 0.1) is 4.90 Å². The van der Waals surface area contributed by atoms with Gasteiger partial charge in [0.2, 0.25) is 10.0 Å². The molecule has 1 aromatic heterocycles. The van der Waals surface area contributed by atoms with E-state index in [9.17, 15) is 13.2 Å². The van der Waals surface area contributed by atoms with E-state index in [1.165, 1.54) is 22.5 Å². The van der Waals surface area contributed by atoms with Gasteiger partial charge in [0.25, 0.3) is 0 Å². The van der Waals surface area contributed by atoms with Crippen LogP contribution in [0.15, 0.2) is 44.4 Å². The van der Waals surface area contributed by atoms with Crippen LogP contribution in [0.3, 0.4) is 0 Å². The van der Waals surface area contributed by atoms with E-state index in [4.69, 9.17) is 10.2 Å². The van der Waals surface area contributed by atoms with Crippen molar-refractivity contribution in [2.45, 2.75) is 17.7 Å². The zero-order valence-electron chi connectivity index (χ0n) is 12.1. The summed E-state index contributed by atoms with van der Waals surface area (Å²) in [6, 6.07) is 7.40. The Labute approximate surface area is 128 Å². The number of rotatable bonds is 3. The summed E-state index contributed by atoms with van der Waals surface area (Å²) in [6.45, 7) is 1.58. The van der Waals surface area contributed by atoms with E-state index < -0.39 is 15.6 Å². The van der Waals surface area contributed by atoms with Crippen molar-refractivity contribution < 1.29 is 12.8 Å². The molecule has 0 bridgehead atoms. The van der Waals surface area contributed by atoms with E-state index in [0.717, 1.165) is 12.8 Å². The number of benzene rings is 1. The fourth-order valence-electron chi connectivity index (χ4n) is 2.74. The first kappa shape index (κ1) is 15.2. The van der Waals surface area contributed by atoms with Crippen molar-refractivity contribution in [2.24, 2.45) is 11.7 Å². The minimum absolute atomic E-state index is 0.222. The van der Waals surface area contributed by atoms with Gasteiger partial charge in [-0.25, -0.2) is 13.2 Å². The summed E-state index contributed by atoms with van der Waals surface area (Å²) in [4.78, 5) is 11.4. The van der Waals surface area contributed by atoms with Crippen LogP contribution in [0.25, 0.3) is 11.0 Å². The molecule has 2 aromatic rings. The van der Waals surface area contributed by atoms with Gasteiger partial charge in [-0.15, -0.1) is 0 Å². The van der Waals surface area contributed by atoms with Gasteiger partial charge in [-0.2, -0.15) is 4.31 Å². The normalized spacial score (nSPS) is 17.9. The maximum atomic E-state index is 12.7. The molecule has 0 atom stereocenters. The number of hydrogen-bond acceptors (Lipinski definition) is 5. The minimum atomic E-state index is -3.52. The van der Waals surface area contributed by atoms with Gasteiger partial charge < -0.3 is 10.2 Å². The number of fused-ring (bicyclic) bond motifs is 1. The highest BCUT2D eigenvalue weighted by molar-refractivity contribution is 7.89. The fraction of sp³-hybridized carbons (Fsp3) is 0.400. The molecule has 1 aromatic carbocycles. The second-order valence-corrected chi connectivity index (χ2v) is 7.48. The average molecular weight is 322 g/mol. The highest BCUT2D eigenvalue weighted by atomic mass is 32.2. The van der Waals surface area contributed by atoms with Gasteiger partial charge >= 0.3 is 5.63 Å². The van der Waals surface area contributed by atoms with E-state index in [0.29, 0.717) is 36.5 Å². The van der Waals surface area contributed by atoms with Crippen LogP contribution in [0.4, 0.5) is 0 Å².